The molecule has 0 radical (unpaired) electrons. The number of carbonyl (C=O) groups excluding carboxylic acids is 3. The number of hydrogen-bond donors (Lipinski definition) is 3. The fraction of sp³-hybridized carbons (Fsp3) is 0.200. The smallest absolute Gasteiger partial charge is 0.322 e. The standard InChI is InChI=1S/C25H21N7O5/c1-12-5-18(29-23(26)28-12)15-6-14-7-19(37-20(14)27-9-15)25(22(34)30-24(35)31-25)11-32-10-13-3-4-16(36-2)8-17(13)21(32)33/h3-9H,10-11H2,1-2H3,(H2,26,28,29)(H2,30,31,34,35). The van der Waals surface area contributed by atoms with Crippen LogP contribution < -0.4 is 21.1 Å². The van der Waals surface area contributed by atoms with E-state index in [9.17, 15) is 14.4 Å². The molecule has 6 rings (SSSR count). The highest BCUT2D eigenvalue weighted by Crippen LogP contribution is 2.35. The lowest BCUT2D eigenvalue weighted by atomic mass is 9.95. The zero-order chi connectivity index (χ0) is 25.9. The first-order valence-corrected chi connectivity index (χ1v) is 11.4. The number of furan rings is 1. The van der Waals surface area contributed by atoms with Gasteiger partial charge in [0.15, 0.2) is 5.54 Å². The van der Waals surface area contributed by atoms with Crippen molar-refractivity contribution < 1.29 is 23.5 Å². The van der Waals surface area contributed by atoms with Gasteiger partial charge in [0.05, 0.1) is 19.3 Å². The number of urea groups is 1. The fourth-order valence-electron chi connectivity index (χ4n) is 4.76. The molecule has 1 aromatic carbocycles. The highest BCUT2D eigenvalue weighted by atomic mass is 16.5. The van der Waals surface area contributed by atoms with Crippen molar-refractivity contribution >= 4 is 34.9 Å². The second kappa shape index (κ2) is 8.01. The molecule has 4 N–H and O–H groups in total. The molecule has 186 valence electrons. The van der Waals surface area contributed by atoms with E-state index in [0.29, 0.717) is 33.7 Å². The lowest BCUT2D eigenvalue weighted by molar-refractivity contribution is -0.125. The van der Waals surface area contributed by atoms with Gasteiger partial charge in [-0.15, -0.1) is 0 Å². The summed E-state index contributed by atoms with van der Waals surface area (Å²) in [6.45, 7) is 1.93. The molecule has 1 fully saturated rings. The molecule has 3 aromatic heterocycles. The van der Waals surface area contributed by atoms with Crippen molar-refractivity contribution in [1.82, 2.24) is 30.5 Å². The van der Waals surface area contributed by atoms with Gasteiger partial charge >= 0.3 is 6.03 Å². The maximum atomic E-state index is 13.2. The summed E-state index contributed by atoms with van der Waals surface area (Å²) in [4.78, 5) is 52.8. The maximum absolute atomic E-state index is 13.2. The molecule has 4 aromatic rings. The Hall–Kier alpha value is -5.00. The van der Waals surface area contributed by atoms with Gasteiger partial charge in [0.1, 0.15) is 11.5 Å². The van der Waals surface area contributed by atoms with Crippen LogP contribution in [0, 0.1) is 6.92 Å². The molecule has 0 saturated carbocycles. The number of benzene rings is 1. The van der Waals surface area contributed by atoms with Gasteiger partial charge in [-0.2, -0.15) is 0 Å². The first kappa shape index (κ1) is 22.5. The van der Waals surface area contributed by atoms with Crippen molar-refractivity contribution in [3.63, 3.8) is 0 Å². The first-order valence-electron chi connectivity index (χ1n) is 11.4. The normalized spacial score (nSPS) is 18.8. The SMILES string of the molecule is COc1ccc2c(c1)C(=O)N(CC1(c3cc4cc(-c5cc(C)nc(N)n5)cnc4o3)NC(=O)NC1=O)C2. The molecule has 0 spiro atoms. The predicted octanol–water partition coefficient (Wildman–Crippen LogP) is 1.87. The minimum atomic E-state index is -1.64. The van der Waals surface area contributed by atoms with Crippen LogP contribution in [0.2, 0.25) is 0 Å². The highest BCUT2D eigenvalue weighted by Gasteiger charge is 2.53. The third-order valence-electron chi connectivity index (χ3n) is 6.53. The predicted molar refractivity (Wildman–Crippen MR) is 130 cm³/mol. The summed E-state index contributed by atoms with van der Waals surface area (Å²) in [5.74, 6) is -0.0699. The Morgan fingerprint density at radius 3 is 2.73 bits per heavy atom. The summed E-state index contributed by atoms with van der Waals surface area (Å²) in [6.07, 6.45) is 1.57. The van der Waals surface area contributed by atoms with E-state index in [1.165, 1.54) is 12.0 Å². The van der Waals surface area contributed by atoms with Gasteiger partial charge in [0.2, 0.25) is 11.7 Å². The van der Waals surface area contributed by atoms with E-state index in [2.05, 4.69) is 25.6 Å². The summed E-state index contributed by atoms with van der Waals surface area (Å²) < 4.78 is 11.2. The van der Waals surface area contributed by atoms with E-state index in [0.717, 1.165) is 5.56 Å². The molecule has 1 unspecified atom stereocenters. The topological polar surface area (TPSA) is 166 Å². The molecule has 1 saturated heterocycles. The number of aromatic nitrogens is 3. The van der Waals surface area contributed by atoms with Crippen LogP contribution in [0.15, 0.2) is 47.0 Å². The zero-order valence-corrected chi connectivity index (χ0v) is 19.9. The Morgan fingerprint density at radius 1 is 1.16 bits per heavy atom. The Kier molecular flexibility index (Phi) is 4.87. The van der Waals surface area contributed by atoms with E-state index in [-0.39, 0.29) is 36.4 Å². The van der Waals surface area contributed by atoms with Gasteiger partial charge in [-0.05, 0) is 42.8 Å². The third kappa shape index (κ3) is 3.61. The van der Waals surface area contributed by atoms with Gasteiger partial charge in [-0.3, -0.25) is 14.9 Å². The molecule has 0 aliphatic carbocycles. The van der Waals surface area contributed by atoms with E-state index in [4.69, 9.17) is 14.9 Å². The number of fused-ring (bicyclic) bond motifs is 2. The van der Waals surface area contributed by atoms with Gasteiger partial charge in [0.25, 0.3) is 11.8 Å². The maximum Gasteiger partial charge on any atom is 0.322 e. The van der Waals surface area contributed by atoms with Crippen molar-refractivity contribution in [1.29, 1.82) is 0 Å². The van der Waals surface area contributed by atoms with Crippen molar-refractivity contribution in [2.75, 3.05) is 19.4 Å². The Labute approximate surface area is 209 Å². The number of anilines is 1. The molecule has 2 aliphatic heterocycles. The number of methoxy groups -OCH3 is 1. The molecular weight excluding hydrogens is 478 g/mol. The van der Waals surface area contributed by atoms with E-state index in [1.54, 1.807) is 42.6 Å². The van der Waals surface area contributed by atoms with Crippen LogP contribution in [-0.4, -0.2) is 51.4 Å². The summed E-state index contributed by atoms with van der Waals surface area (Å²) in [7, 11) is 1.52. The molecule has 12 nitrogen and oxygen atoms in total. The molecule has 0 bridgehead atoms. The van der Waals surface area contributed by atoms with Gasteiger partial charge < -0.3 is 25.1 Å². The lowest BCUT2D eigenvalue weighted by Crippen LogP contribution is -2.52. The Bertz CT molecular complexity index is 1610. The van der Waals surface area contributed by atoms with Crippen LogP contribution in [0.5, 0.6) is 5.75 Å². The molecule has 12 heteroatoms. The number of nitrogens with zero attached hydrogens (tertiary/aromatic N) is 4. The number of hydrogen-bond acceptors (Lipinski definition) is 9. The highest BCUT2D eigenvalue weighted by molar-refractivity contribution is 6.08. The minimum absolute atomic E-state index is 0.140. The molecular formula is C25H21N7O5. The van der Waals surface area contributed by atoms with Gasteiger partial charge in [-0.1, -0.05) is 6.07 Å². The number of nitrogens with one attached hydrogen (secondary N) is 2. The molecule has 1 atom stereocenters. The molecule has 37 heavy (non-hydrogen) atoms. The number of ether oxygens (including phenoxy) is 1. The number of rotatable bonds is 5. The largest absolute Gasteiger partial charge is 0.497 e. The number of imide groups is 1. The van der Waals surface area contributed by atoms with Crippen LogP contribution in [0.3, 0.4) is 0 Å². The van der Waals surface area contributed by atoms with Crippen molar-refractivity contribution in [2.24, 2.45) is 0 Å². The summed E-state index contributed by atoms with van der Waals surface area (Å²) in [6, 6.07) is 9.75. The van der Waals surface area contributed by atoms with Gasteiger partial charge in [-0.25, -0.2) is 19.7 Å². The summed E-state index contributed by atoms with van der Waals surface area (Å²) in [5, 5.41) is 5.53. The second-order valence-corrected chi connectivity index (χ2v) is 8.98. The number of aryl methyl sites for hydroxylation is 1. The van der Waals surface area contributed by atoms with Crippen molar-refractivity contribution in [3.05, 3.63) is 65.2 Å². The zero-order valence-electron chi connectivity index (χ0n) is 19.9. The number of carbonyl (C=O) groups is 3. The minimum Gasteiger partial charge on any atom is -0.497 e. The molecule has 4 amide bonds. The van der Waals surface area contributed by atoms with Crippen molar-refractivity contribution in [3.8, 4) is 17.0 Å². The van der Waals surface area contributed by atoms with Crippen LogP contribution >= 0.6 is 0 Å². The average Bonchev–Trinajstić information content (AvgIpc) is 3.51. The molecule has 2 aliphatic rings. The number of amides is 4. The Morgan fingerprint density at radius 2 is 2.00 bits per heavy atom. The number of nitrogens with two attached hydrogens (primary N) is 1. The summed E-state index contributed by atoms with van der Waals surface area (Å²) in [5.41, 5.74) is 7.64. The molecule has 5 heterocycles. The summed E-state index contributed by atoms with van der Waals surface area (Å²) >= 11 is 0. The quantitative estimate of drug-likeness (QED) is 0.348. The van der Waals surface area contributed by atoms with Crippen LogP contribution in [0.25, 0.3) is 22.4 Å². The number of nitrogen functional groups attached to an aromatic ring is 1. The fourth-order valence-corrected chi connectivity index (χ4v) is 4.76. The van der Waals surface area contributed by atoms with Crippen LogP contribution in [-0.2, 0) is 16.9 Å². The van der Waals surface area contributed by atoms with Crippen LogP contribution in [0.4, 0.5) is 10.7 Å². The van der Waals surface area contributed by atoms with E-state index >= 15 is 0 Å². The van der Waals surface area contributed by atoms with Gasteiger partial charge in [0, 0.05) is 34.9 Å². The first-order chi connectivity index (χ1) is 17.8. The lowest BCUT2D eigenvalue weighted by Gasteiger charge is -2.28. The Balaban J connectivity index is 1.39. The second-order valence-electron chi connectivity index (χ2n) is 8.98. The monoisotopic (exact) mass is 499 g/mol. The number of pyridine rings is 1. The van der Waals surface area contributed by atoms with E-state index < -0.39 is 17.5 Å². The van der Waals surface area contributed by atoms with Crippen molar-refractivity contribution in [2.45, 2.75) is 19.0 Å². The average molecular weight is 499 g/mol. The van der Waals surface area contributed by atoms with E-state index in [1.807, 2.05) is 6.92 Å². The third-order valence-corrected chi connectivity index (χ3v) is 6.53. The van der Waals surface area contributed by atoms with Crippen LogP contribution in [0.1, 0.15) is 27.4 Å².